The van der Waals surface area contributed by atoms with Crippen molar-refractivity contribution in [3.63, 3.8) is 0 Å². The predicted molar refractivity (Wildman–Crippen MR) is 79.9 cm³/mol. The molecule has 0 atom stereocenters. The van der Waals surface area contributed by atoms with Crippen LogP contribution in [0.2, 0.25) is 0 Å². The van der Waals surface area contributed by atoms with E-state index in [-0.39, 0.29) is 0 Å². The summed E-state index contributed by atoms with van der Waals surface area (Å²) in [4.78, 5) is 3.31. The zero-order chi connectivity index (χ0) is 14.2. The molecule has 0 aliphatic carbocycles. The largest absolute Gasteiger partial charge is 0.493 e. The van der Waals surface area contributed by atoms with Crippen LogP contribution in [0.4, 0.5) is 0 Å². The van der Waals surface area contributed by atoms with Gasteiger partial charge in [-0.1, -0.05) is 13.0 Å². The number of nitrogens with one attached hydrogen (secondary N) is 2. The van der Waals surface area contributed by atoms with Gasteiger partial charge in [0.25, 0.3) is 0 Å². The third-order valence-corrected chi connectivity index (χ3v) is 3.81. The van der Waals surface area contributed by atoms with E-state index in [0.717, 1.165) is 37.7 Å². The highest BCUT2D eigenvalue weighted by molar-refractivity contribution is 5.32. The molecule has 1 aliphatic rings. The van der Waals surface area contributed by atoms with Crippen LogP contribution in [-0.2, 0) is 0 Å². The van der Waals surface area contributed by atoms with E-state index in [2.05, 4.69) is 14.0 Å². The number of hydrogen-bond donors (Lipinski definition) is 2. The summed E-state index contributed by atoms with van der Waals surface area (Å²) < 4.78 is 11.5. The molecular weight excluding hydrogens is 252 g/mol. The molecule has 1 saturated heterocycles. The van der Waals surface area contributed by atoms with Gasteiger partial charge in [0.15, 0.2) is 0 Å². The van der Waals surface area contributed by atoms with Crippen LogP contribution in [0, 0.1) is 0 Å². The van der Waals surface area contributed by atoms with E-state index in [9.17, 15) is 0 Å². The van der Waals surface area contributed by atoms with Gasteiger partial charge >= 0.3 is 0 Å². The standard InChI is InChI=1S/C16H26N2O2/c1-3-12-19-15-5-4-6-16(14-15)20-13-11-18-9-7-17(2)8-10-18/h4-6,14H,3,7-13H2,1-2H3/p+2. The molecule has 112 valence electrons. The molecule has 0 saturated carbocycles. The lowest BCUT2D eigenvalue weighted by atomic mass is 10.3. The molecule has 1 heterocycles. The van der Waals surface area contributed by atoms with Crippen LogP contribution in [0.3, 0.4) is 0 Å². The van der Waals surface area contributed by atoms with E-state index < -0.39 is 0 Å². The van der Waals surface area contributed by atoms with Gasteiger partial charge in [0.1, 0.15) is 50.8 Å². The molecule has 0 unspecified atom stereocenters. The normalized spacial score (nSPS) is 22.5. The van der Waals surface area contributed by atoms with Crippen molar-refractivity contribution in [2.24, 2.45) is 0 Å². The van der Waals surface area contributed by atoms with E-state index in [1.54, 1.807) is 9.80 Å². The highest BCUT2D eigenvalue weighted by Crippen LogP contribution is 2.19. The summed E-state index contributed by atoms with van der Waals surface area (Å²) in [6.07, 6.45) is 1.03. The predicted octanol–water partition coefficient (Wildman–Crippen LogP) is -0.733. The molecule has 2 rings (SSSR count). The second kappa shape index (κ2) is 8.12. The highest BCUT2D eigenvalue weighted by Gasteiger charge is 2.19. The molecule has 0 spiro atoms. The van der Waals surface area contributed by atoms with E-state index in [1.807, 2.05) is 24.3 Å². The topological polar surface area (TPSA) is 27.3 Å². The first kappa shape index (κ1) is 15.1. The third kappa shape index (κ3) is 5.02. The number of likely N-dealkylation sites (N-methyl/N-ethyl adjacent to an activating group) is 1. The Balaban J connectivity index is 1.70. The quantitative estimate of drug-likeness (QED) is 0.689. The van der Waals surface area contributed by atoms with Gasteiger partial charge in [-0.25, -0.2) is 0 Å². The van der Waals surface area contributed by atoms with Crippen molar-refractivity contribution >= 4 is 0 Å². The molecule has 1 fully saturated rings. The summed E-state index contributed by atoms with van der Waals surface area (Å²) in [6, 6.07) is 7.96. The number of quaternary nitrogens is 2. The van der Waals surface area contributed by atoms with Crippen molar-refractivity contribution in [3.05, 3.63) is 24.3 Å². The average molecular weight is 280 g/mol. The number of hydrogen-bond acceptors (Lipinski definition) is 2. The molecule has 4 nitrogen and oxygen atoms in total. The van der Waals surface area contributed by atoms with Crippen molar-refractivity contribution in [2.75, 3.05) is 53.0 Å². The van der Waals surface area contributed by atoms with E-state index >= 15 is 0 Å². The fourth-order valence-electron chi connectivity index (χ4n) is 2.47. The molecule has 0 aromatic heterocycles. The Labute approximate surface area is 122 Å². The minimum absolute atomic E-state index is 0.761. The van der Waals surface area contributed by atoms with Crippen LogP contribution >= 0.6 is 0 Å². The summed E-state index contributed by atoms with van der Waals surface area (Å²) in [5, 5.41) is 0. The first-order chi connectivity index (χ1) is 9.78. The smallest absolute Gasteiger partial charge is 0.137 e. The second-order valence-electron chi connectivity index (χ2n) is 5.63. The molecular formula is C16H28N2O2+2. The summed E-state index contributed by atoms with van der Waals surface area (Å²) in [6.45, 7) is 9.81. The molecule has 0 amide bonds. The van der Waals surface area contributed by atoms with Crippen LogP contribution in [0.15, 0.2) is 24.3 Å². The van der Waals surface area contributed by atoms with Gasteiger partial charge in [-0.2, -0.15) is 0 Å². The second-order valence-corrected chi connectivity index (χ2v) is 5.63. The number of benzene rings is 1. The van der Waals surface area contributed by atoms with E-state index in [1.165, 1.54) is 26.2 Å². The van der Waals surface area contributed by atoms with Gasteiger partial charge < -0.3 is 19.3 Å². The Morgan fingerprint density at radius 2 is 1.65 bits per heavy atom. The van der Waals surface area contributed by atoms with E-state index in [0.29, 0.717) is 0 Å². The lowest BCUT2D eigenvalue weighted by molar-refractivity contribution is -1.00. The molecule has 2 N–H and O–H groups in total. The zero-order valence-corrected chi connectivity index (χ0v) is 12.8. The lowest BCUT2D eigenvalue weighted by Crippen LogP contribution is -3.27. The van der Waals surface area contributed by atoms with Gasteiger partial charge in [-0.05, 0) is 18.6 Å². The fraction of sp³-hybridized carbons (Fsp3) is 0.625. The maximum Gasteiger partial charge on any atom is 0.137 e. The zero-order valence-electron chi connectivity index (χ0n) is 12.8. The van der Waals surface area contributed by atoms with Crippen molar-refractivity contribution in [2.45, 2.75) is 13.3 Å². The number of rotatable bonds is 7. The van der Waals surface area contributed by atoms with Crippen LogP contribution in [0.1, 0.15) is 13.3 Å². The average Bonchev–Trinajstić information content (AvgIpc) is 2.48. The SMILES string of the molecule is CCCOc1cccc(OCC[NH+]2CC[NH+](C)CC2)c1. The van der Waals surface area contributed by atoms with Crippen molar-refractivity contribution in [1.29, 1.82) is 0 Å². The molecule has 0 radical (unpaired) electrons. The number of ether oxygens (including phenoxy) is 2. The third-order valence-electron chi connectivity index (χ3n) is 3.81. The molecule has 1 aromatic rings. The molecule has 20 heavy (non-hydrogen) atoms. The Morgan fingerprint density at radius 1 is 1.00 bits per heavy atom. The van der Waals surface area contributed by atoms with Crippen molar-refractivity contribution in [3.8, 4) is 11.5 Å². The first-order valence-electron chi connectivity index (χ1n) is 7.78. The summed E-state index contributed by atoms with van der Waals surface area (Å²) in [5.41, 5.74) is 0. The molecule has 1 aliphatic heterocycles. The molecule has 1 aromatic carbocycles. The molecule has 0 bridgehead atoms. The summed E-state index contributed by atoms with van der Waals surface area (Å²) in [5.74, 6) is 1.82. The summed E-state index contributed by atoms with van der Waals surface area (Å²) >= 11 is 0. The fourth-order valence-corrected chi connectivity index (χ4v) is 2.47. The highest BCUT2D eigenvalue weighted by atomic mass is 16.5. The Morgan fingerprint density at radius 3 is 2.30 bits per heavy atom. The Bertz CT molecular complexity index is 390. The minimum atomic E-state index is 0.761. The van der Waals surface area contributed by atoms with Crippen LogP contribution in [0.25, 0.3) is 0 Å². The monoisotopic (exact) mass is 280 g/mol. The van der Waals surface area contributed by atoms with Gasteiger partial charge in [0, 0.05) is 6.07 Å². The maximum atomic E-state index is 5.85. The van der Waals surface area contributed by atoms with Crippen molar-refractivity contribution in [1.82, 2.24) is 0 Å². The van der Waals surface area contributed by atoms with Crippen molar-refractivity contribution < 1.29 is 19.3 Å². The van der Waals surface area contributed by atoms with Gasteiger partial charge in [-0.15, -0.1) is 0 Å². The minimum Gasteiger partial charge on any atom is -0.493 e. The van der Waals surface area contributed by atoms with Gasteiger partial charge in [-0.3, -0.25) is 0 Å². The Kier molecular flexibility index (Phi) is 6.15. The first-order valence-corrected chi connectivity index (χ1v) is 7.78. The van der Waals surface area contributed by atoms with Crippen LogP contribution in [-0.4, -0.2) is 53.0 Å². The van der Waals surface area contributed by atoms with Gasteiger partial charge in [0.2, 0.25) is 0 Å². The lowest BCUT2D eigenvalue weighted by Gasteiger charge is -2.27. The number of piperazine rings is 1. The Hall–Kier alpha value is -1.26. The van der Waals surface area contributed by atoms with Crippen LogP contribution < -0.4 is 19.3 Å². The molecule has 4 heteroatoms. The summed E-state index contributed by atoms with van der Waals surface area (Å²) in [7, 11) is 2.27. The van der Waals surface area contributed by atoms with E-state index in [4.69, 9.17) is 9.47 Å². The van der Waals surface area contributed by atoms with Gasteiger partial charge in [0.05, 0.1) is 13.7 Å². The van der Waals surface area contributed by atoms with Crippen LogP contribution in [0.5, 0.6) is 11.5 Å². The maximum absolute atomic E-state index is 5.85.